The summed E-state index contributed by atoms with van der Waals surface area (Å²) < 4.78 is 5.29. The van der Waals surface area contributed by atoms with Crippen LogP contribution in [0.3, 0.4) is 0 Å². The molecule has 26 heavy (non-hydrogen) atoms. The summed E-state index contributed by atoms with van der Waals surface area (Å²) in [6.45, 7) is 5.53. The standard InChI is InChI=1S/C18H22N4O3S/c1-3-25-9-8-15-20-21-18(26-15)19-17(24)13-10-16(23)22(11-13)14-7-5-4-6-12(14)2/h4-7,13H,3,8-11H2,1-2H3,(H,19,21,24). The van der Waals surface area contributed by atoms with Crippen LogP contribution in [0.2, 0.25) is 0 Å². The molecule has 1 N–H and O–H groups in total. The number of nitrogens with one attached hydrogen (secondary N) is 1. The van der Waals surface area contributed by atoms with Gasteiger partial charge in [-0.25, -0.2) is 0 Å². The Labute approximate surface area is 156 Å². The number of aryl methyl sites for hydroxylation is 1. The fraction of sp³-hybridized carbons (Fsp3) is 0.444. The lowest BCUT2D eigenvalue weighted by Crippen LogP contribution is -2.28. The monoisotopic (exact) mass is 374 g/mol. The number of rotatable bonds is 7. The van der Waals surface area contributed by atoms with Crippen molar-refractivity contribution in [3.8, 4) is 0 Å². The Morgan fingerprint density at radius 2 is 2.19 bits per heavy atom. The molecule has 2 heterocycles. The Bertz CT molecular complexity index is 792. The maximum Gasteiger partial charge on any atom is 0.231 e. The average Bonchev–Trinajstić information content (AvgIpc) is 3.22. The molecular formula is C18H22N4O3S. The van der Waals surface area contributed by atoms with Crippen LogP contribution in [-0.2, 0) is 20.7 Å². The zero-order chi connectivity index (χ0) is 18.5. The molecule has 1 saturated heterocycles. The van der Waals surface area contributed by atoms with Crippen molar-refractivity contribution in [1.29, 1.82) is 0 Å². The van der Waals surface area contributed by atoms with Crippen molar-refractivity contribution in [1.82, 2.24) is 10.2 Å². The van der Waals surface area contributed by atoms with Gasteiger partial charge in [0.2, 0.25) is 16.9 Å². The zero-order valence-corrected chi connectivity index (χ0v) is 15.7. The van der Waals surface area contributed by atoms with E-state index in [9.17, 15) is 9.59 Å². The van der Waals surface area contributed by atoms with Gasteiger partial charge in [0.25, 0.3) is 0 Å². The summed E-state index contributed by atoms with van der Waals surface area (Å²) in [5, 5.41) is 12.1. The summed E-state index contributed by atoms with van der Waals surface area (Å²) >= 11 is 1.34. The predicted octanol–water partition coefficient (Wildman–Crippen LogP) is 2.42. The van der Waals surface area contributed by atoms with E-state index in [1.807, 2.05) is 38.1 Å². The number of amides is 2. The summed E-state index contributed by atoms with van der Waals surface area (Å²) in [5.41, 5.74) is 1.88. The molecule has 2 aromatic rings. The zero-order valence-electron chi connectivity index (χ0n) is 14.9. The highest BCUT2D eigenvalue weighted by atomic mass is 32.1. The third kappa shape index (κ3) is 4.25. The molecule has 0 spiro atoms. The molecule has 1 aliphatic rings. The molecule has 2 amide bonds. The van der Waals surface area contributed by atoms with Crippen molar-refractivity contribution in [2.45, 2.75) is 26.7 Å². The van der Waals surface area contributed by atoms with E-state index in [1.165, 1.54) is 11.3 Å². The average molecular weight is 374 g/mol. The Balaban J connectivity index is 1.59. The van der Waals surface area contributed by atoms with Crippen molar-refractivity contribution < 1.29 is 14.3 Å². The van der Waals surface area contributed by atoms with E-state index in [0.717, 1.165) is 16.3 Å². The van der Waals surface area contributed by atoms with E-state index in [0.29, 0.717) is 31.3 Å². The highest BCUT2D eigenvalue weighted by Gasteiger charge is 2.35. The maximum absolute atomic E-state index is 12.5. The lowest BCUT2D eigenvalue weighted by molar-refractivity contribution is -0.122. The van der Waals surface area contributed by atoms with Gasteiger partial charge in [-0.1, -0.05) is 29.5 Å². The van der Waals surface area contributed by atoms with Crippen LogP contribution in [0.15, 0.2) is 24.3 Å². The molecule has 138 valence electrons. The minimum atomic E-state index is -0.391. The molecule has 1 aliphatic heterocycles. The van der Waals surface area contributed by atoms with Crippen LogP contribution in [0.4, 0.5) is 10.8 Å². The maximum atomic E-state index is 12.5. The molecule has 0 saturated carbocycles. The fourth-order valence-electron chi connectivity index (χ4n) is 2.90. The van der Waals surface area contributed by atoms with Crippen molar-refractivity contribution in [3.63, 3.8) is 0 Å². The van der Waals surface area contributed by atoms with Crippen LogP contribution < -0.4 is 10.2 Å². The number of ether oxygens (including phenoxy) is 1. The number of aromatic nitrogens is 2. The fourth-order valence-corrected chi connectivity index (χ4v) is 3.62. The van der Waals surface area contributed by atoms with Gasteiger partial charge in [-0.2, -0.15) is 0 Å². The van der Waals surface area contributed by atoms with E-state index in [4.69, 9.17) is 4.74 Å². The minimum absolute atomic E-state index is 0.0332. The highest BCUT2D eigenvalue weighted by Crippen LogP contribution is 2.28. The number of carbonyl (C=O) groups excluding carboxylic acids is 2. The number of anilines is 2. The minimum Gasteiger partial charge on any atom is -0.381 e. The predicted molar refractivity (Wildman–Crippen MR) is 100 cm³/mol. The third-order valence-corrected chi connectivity index (χ3v) is 5.16. The molecule has 7 nitrogen and oxygen atoms in total. The van der Waals surface area contributed by atoms with Crippen molar-refractivity contribution in [3.05, 3.63) is 34.8 Å². The number of nitrogens with zero attached hydrogens (tertiary/aromatic N) is 3. The van der Waals surface area contributed by atoms with Crippen LogP contribution >= 0.6 is 11.3 Å². The SMILES string of the molecule is CCOCCc1nnc(NC(=O)C2CC(=O)N(c3ccccc3C)C2)s1. The number of para-hydroxylation sites is 1. The molecule has 8 heteroatoms. The molecule has 3 rings (SSSR count). The molecular weight excluding hydrogens is 352 g/mol. The summed E-state index contributed by atoms with van der Waals surface area (Å²) in [5.74, 6) is -0.617. The molecule has 0 radical (unpaired) electrons. The second-order valence-corrected chi connectivity index (χ2v) is 7.19. The van der Waals surface area contributed by atoms with Gasteiger partial charge in [-0.05, 0) is 25.5 Å². The Hall–Kier alpha value is -2.32. The van der Waals surface area contributed by atoms with E-state index in [1.54, 1.807) is 4.90 Å². The van der Waals surface area contributed by atoms with Crippen LogP contribution in [0.5, 0.6) is 0 Å². The smallest absolute Gasteiger partial charge is 0.231 e. The summed E-state index contributed by atoms with van der Waals surface area (Å²) in [7, 11) is 0. The molecule has 1 atom stereocenters. The first kappa shape index (κ1) is 18.5. The Morgan fingerprint density at radius 1 is 1.38 bits per heavy atom. The van der Waals surface area contributed by atoms with Crippen LogP contribution in [0.25, 0.3) is 0 Å². The van der Waals surface area contributed by atoms with Gasteiger partial charge in [-0.3, -0.25) is 9.59 Å². The van der Waals surface area contributed by atoms with E-state index >= 15 is 0 Å². The number of carbonyl (C=O) groups is 2. The van der Waals surface area contributed by atoms with Crippen LogP contribution in [-0.4, -0.2) is 41.8 Å². The van der Waals surface area contributed by atoms with Gasteiger partial charge in [0.1, 0.15) is 5.01 Å². The molecule has 0 aliphatic carbocycles. The molecule has 1 unspecified atom stereocenters. The Kier molecular flexibility index (Phi) is 5.95. The third-order valence-electron chi connectivity index (χ3n) is 4.26. The first-order valence-corrected chi connectivity index (χ1v) is 9.47. The van der Waals surface area contributed by atoms with Gasteiger partial charge >= 0.3 is 0 Å². The molecule has 1 aromatic carbocycles. The second-order valence-electron chi connectivity index (χ2n) is 6.13. The number of hydrogen-bond acceptors (Lipinski definition) is 6. The highest BCUT2D eigenvalue weighted by molar-refractivity contribution is 7.15. The van der Waals surface area contributed by atoms with Gasteiger partial charge in [0.05, 0.1) is 12.5 Å². The molecule has 1 fully saturated rings. The topological polar surface area (TPSA) is 84.4 Å². The van der Waals surface area contributed by atoms with Gasteiger partial charge < -0.3 is 15.0 Å². The number of hydrogen-bond donors (Lipinski definition) is 1. The van der Waals surface area contributed by atoms with E-state index in [2.05, 4.69) is 15.5 Å². The normalized spacial score (nSPS) is 16.9. The molecule has 0 bridgehead atoms. The molecule has 1 aromatic heterocycles. The van der Waals surface area contributed by atoms with Gasteiger partial charge in [0, 0.05) is 31.7 Å². The lowest BCUT2D eigenvalue weighted by Gasteiger charge is -2.18. The Morgan fingerprint density at radius 3 is 2.96 bits per heavy atom. The largest absolute Gasteiger partial charge is 0.381 e. The van der Waals surface area contributed by atoms with Gasteiger partial charge in [0.15, 0.2) is 0 Å². The summed E-state index contributed by atoms with van der Waals surface area (Å²) in [4.78, 5) is 26.6. The van der Waals surface area contributed by atoms with Gasteiger partial charge in [-0.15, -0.1) is 10.2 Å². The van der Waals surface area contributed by atoms with Crippen molar-refractivity contribution in [2.24, 2.45) is 5.92 Å². The first-order valence-electron chi connectivity index (χ1n) is 8.65. The van der Waals surface area contributed by atoms with Crippen molar-refractivity contribution >= 4 is 34.0 Å². The second kappa shape index (κ2) is 8.37. The summed E-state index contributed by atoms with van der Waals surface area (Å²) in [6.07, 6.45) is 0.876. The summed E-state index contributed by atoms with van der Waals surface area (Å²) in [6, 6.07) is 7.69. The van der Waals surface area contributed by atoms with E-state index in [-0.39, 0.29) is 18.2 Å². The first-order chi connectivity index (χ1) is 12.6. The quantitative estimate of drug-likeness (QED) is 0.753. The lowest BCUT2D eigenvalue weighted by atomic mass is 10.1. The number of benzene rings is 1. The van der Waals surface area contributed by atoms with Crippen LogP contribution in [0.1, 0.15) is 23.9 Å². The van der Waals surface area contributed by atoms with Crippen molar-refractivity contribution in [2.75, 3.05) is 30.0 Å². The van der Waals surface area contributed by atoms with E-state index < -0.39 is 5.92 Å². The van der Waals surface area contributed by atoms with Crippen LogP contribution in [0, 0.1) is 12.8 Å².